The van der Waals surface area contributed by atoms with E-state index >= 15 is 0 Å². The van der Waals surface area contributed by atoms with Crippen molar-refractivity contribution < 1.29 is 19.5 Å². The number of halogens is 1. The van der Waals surface area contributed by atoms with E-state index < -0.39 is 12.7 Å². The van der Waals surface area contributed by atoms with E-state index in [1.807, 2.05) is 13.0 Å². The van der Waals surface area contributed by atoms with E-state index in [1.54, 1.807) is 19.9 Å². The van der Waals surface area contributed by atoms with Gasteiger partial charge in [0.1, 0.15) is 12.4 Å². The fourth-order valence-electron chi connectivity index (χ4n) is 2.14. The van der Waals surface area contributed by atoms with Crippen molar-refractivity contribution in [3.8, 4) is 5.75 Å². The molecular formula is C13H18BBrO4. The van der Waals surface area contributed by atoms with Crippen molar-refractivity contribution >= 4 is 28.5 Å². The lowest BCUT2D eigenvalue weighted by atomic mass is 9.78. The van der Waals surface area contributed by atoms with Crippen LogP contribution in [-0.4, -0.2) is 29.5 Å². The predicted molar refractivity (Wildman–Crippen MR) is 77.7 cm³/mol. The van der Waals surface area contributed by atoms with Crippen molar-refractivity contribution in [2.24, 2.45) is 0 Å². The Kier molecular flexibility index (Phi) is 4.25. The number of ether oxygens (including phenoxy) is 1. The van der Waals surface area contributed by atoms with Gasteiger partial charge in [0.15, 0.2) is 0 Å². The topological polar surface area (TPSA) is 58.9 Å². The maximum Gasteiger partial charge on any atom is 0.495 e. The van der Waals surface area contributed by atoms with Crippen molar-refractivity contribution in [1.29, 1.82) is 0 Å². The molecule has 4 nitrogen and oxygen atoms in total. The van der Waals surface area contributed by atoms with Crippen molar-refractivity contribution in [2.45, 2.75) is 38.9 Å². The Hall–Kier alpha value is -0.555. The third-order valence-corrected chi connectivity index (χ3v) is 3.70. The SMILES string of the molecule is CCC1OB(O)c2c(OCC(C)(C)O)ccc(Br)c21. The molecule has 1 atom stereocenters. The first-order valence-electron chi connectivity index (χ1n) is 6.34. The van der Waals surface area contributed by atoms with Crippen LogP contribution in [0.2, 0.25) is 0 Å². The number of aliphatic hydroxyl groups is 1. The van der Waals surface area contributed by atoms with Gasteiger partial charge in [0.25, 0.3) is 0 Å². The van der Waals surface area contributed by atoms with Crippen molar-refractivity contribution in [1.82, 2.24) is 0 Å². The van der Waals surface area contributed by atoms with Gasteiger partial charge in [0.05, 0.1) is 11.7 Å². The summed E-state index contributed by atoms with van der Waals surface area (Å²) in [5.41, 5.74) is 0.669. The van der Waals surface area contributed by atoms with E-state index in [9.17, 15) is 10.1 Å². The van der Waals surface area contributed by atoms with Gasteiger partial charge < -0.3 is 19.5 Å². The molecule has 0 spiro atoms. The van der Waals surface area contributed by atoms with Gasteiger partial charge in [-0.15, -0.1) is 0 Å². The molecule has 0 aliphatic carbocycles. The number of hydrogen-bond acceptors (Lipinski definition) is 4. The van der Waals surface area contributed by atoms with Gasteiger partial charge in [0, 0.05) is 9.94 Å². The second-order valence-corrected chi connectivity index (χ2v) is 6.21. The molecule has 1 aliphatic heterocycles. The lowest BCUT2D eigenvalue weighted by Gasteiger charge is -2.20. The summed E-state index contributed by atoms with van der Waals surface area (Å²) in [5, 5.41) is 19.8. The first-order chi connectivity index (χ1) is 8.83. The van der Waals surface area contributed by atoms with E-state index in [1.165, 1.54) is 0 Å². The number of rotatable bonds is 4. The second-order valence-electron chi connectivity index (χ2n) is 5.36. The molecular weight excluding hydrogens is 311 g/mol. The normalized spacial score (nSPS) is 18.6. The highest BCUT2D eigenvalue weighted by Crippen LogP contribution is 2.35. The molecule has 104 valence electrons. The Bertz CT molecular complexity index is 472. The highest BCUT2D eigenvalue weighted by Gasteiger charge is 2.38. The third kappa shape index (κ3) is 3.13. The molecule has 2 rings (SSSR count). The molecule has 0 aromatic heterocycles. The van der Waals surface area contributed by atoms with E-state index in [0.717, 1.165) is 16.5 Å². The van der Waals surface area contributed by atoms with Crippen molar-refractivity contribution in [2.75, 3.05) is 6.61 Å². The summed E-state index contributed by atoms with van der Waals surface area (Å²) in [6, 6.07) is 3.65. The number of hydrogen-bond donors (Lipinski definition) is 2. The van der Waals surface area contributed by atoms with Gasteiger partial charge in [-0.3, -0.25) is 0 Å². The van der Waals surface area contributed by atoms with Gasteiger partial charge in [-0.1, -0.05) is 22.9 Å². The van der Waals surface area contributed by atoms with Crippen LogP contribution >= 0.6 is 15.9 Å². The Morgan fingerprint density at radius 3 is 2.74 bits per heavy atom. The Labute approximate surface area is 122 Å². The van der Waals surface area contributed by atoms with E-state index in [-0.39, 0.29) is 12.7 Å². The standard InChI is InChI=1S/C13H18BBrO4/c1-4-9-11-8(15)5-6-10(12(11)14(17)19-9)18-7-13(2,3)16/h5-6,9,16-17H,4,7H2,1-3H3. The highest BCUT2D eigenvalue weighted by molar-refractivity contribution is 9.10. The van der Waals surface area contributed by atoms with Crippen LogP contribution in [-0.2, 0) is 4.65 Å². The lowest BCUT2D eigenvalue weighted by Crippen LogP contribution is -2.33. The quantitative estimate of drug-likeness (QED) is 0.827. The first kappa shape index (κ1) is 14.8. The summed E-state index contributed by atoms with van der Waals surface area (Å²) < 4.78 is 12.0. The molecule has 0 saturated carbocycles. The average Bonchev–Trinajstić information content (AvgIpc) is 2.66. The van der Waals surface area contributed by atoms with E-state index in [0.29, 0.717) is 11.2 Å². The van der Waals surface area contributed by atoms with Gasteiger partial charge in [-0.2, -0.15) is 0 Å². The van der Waals surface area contributed by atoms with Crippen LogP contribution in [0.5, 0.6) is 5.75 Å². The minimum absolute atomic E-state index is 0.134. The Morgan fingerprint density at radius 2 is 2.16 bits per heavy atom. The molecule has 1 aliphatic rings. The zero-order chi connectivity index (χ0) is 14.2. The molecule has 1 unspecified atom stereocenters. The van der Waals surface area contributed by atoms with E-state index in [4.69, 9.17) is 9.39 Å². The van der Waals surface area contributed by atoms with Gasteiger partial charge in [-0.25, -0.2) is 0 Å². The first-order valence-corrected chi connectivity index (χ1v) is 7.13. The van der Waals surface area contributed by atoms with Crippen LogP contribution in [0.1, 0.15) is 38.9 Å². The third-order valence-electron chi connectivity index (χ3n) is 3.01. The maximum absolute atomic E-state index is 10.0. The highest BCUT2D eigenvalue weighted by atomic mass is 79.9. The molecule has 2 N–H and O–H groups in total. The summed E-state index contributed by atoms with van der Waals surface area (Å²) in [7, 11) is -0.978. The van der Waals surface area contributed by atoms with E-state index in [2.05, 4.69) is 15.9 Å². The molecule has 0 radical (unpaired) electrons. The van der Waals surface area contributed by atoms with Gasteiger partial charge >= 0.3 is 7.12 Å². The Balaban J connectivity index is 2.35. The van der Waals surface area contributed by atoms with Crippen LogP contribution in [0.15, 0.2) is 16.6 Å². The number of fused-ring (bicyclic) bond motifs is 1. The fourth-order valence-corrected chi connectivity index (χ4v) is 2.75. The maximum atomic E-state index is 10.0. The zero-order valence-corrected chi connectivity index (χ0v) is 12.9. The van der Waals surface area contributed by atoms with Crippen molar-refractivity contribution in [3.63, 3.8) is 0 Å². The van der Waals surface area contributed by atoms with Crippen LogP contribution in [0.25, 0.3) is 0 Å². The minimum Gasteiger partial charge on any atom is -0.491 e. The largest absolute Gasteiger partial charge is 0.495 e. The van der Waals surface area contributed by atoms with Gasteiger partial charge in [0.2, 0.25) is 0 Å². The average molecular weight is 329 g/mol. The molecule has 1 aromatic rings. The van der Waals surface area contributed by atoms with Crippen molar-refractivity contribution in [3.05, 3.63) is 22.2 Å². The fraction of sp³-hybridized carbons (Fsp3) is 0.538. The van der Waals surface area contributed by atoms with Crippen LogP contribution in [0.4, 0.5) is 0 Å². The summed E-state index contributed by atoms with van der Waals surface area (Å²) >= 11 is 3.48. The summed E-state index contributed by atoms with van der Waals surface area (Å²) in [6.45, 7) is 5.51. The molecule has 0 saturated heterocycles. The van der Waals surface area contributed by atoms with Crippen LogP contribution < -0.4 is 10.2 Å². The van der Waals surface area contributed by atoms with Crippen LogP contribution in [0.3, 0.4) is 0 Å². The van der Waals surface area contributed by atoms with Crippen LogP contribution in [0, 0.1) is 0 Å². The zero-order valence-electron chi connectivity index (χ0n) is 11.3. The molecule has 1 heterocycles. The summed E-state index contributed by atoms with van der Waals surface area (Å²) in [6.07, 6.45) is 0.641. The minimum atomic E-state index is -0.978. The predicted octanol–water partition coefficient (Wildman–Crippen LogP) is 1.77. The molecule has 6 heteroatoms. The molecule has 19 heavy (non-hydrogen) atoms. The molecule has 0 bridgehead atoms. The summed E-state index contributed by atoms with van der Waals surface area (Å²) in [5.74, 6) is 0.559. The summed E-state index contributed by atoms with van der Waals surface area (Å²) in [4.78, 5) is 0. The molecule has 0 fully saturated rings. The second kappa shape index (κ2) is 5.44. The molecule has 1 aromatic carbocycles. The Morgan fingerprint density at radius 1 is 1.47 bits per heavy atom. The monoisotopic (exact) mass is 328 g/mol. The van der Waals surface area contributed by atoms with Gasteiger partial charge in [-0.05, 0) is 38.0 Å². The number of benzene rings is 1. The molecule has 0 amide bonds. The smallest absolute Gasteiger partial charge is 0.491 e. The lowest BCUT2D eigenvalue weighted by molar-refractivity contribution is 0.0288.